The lowest BCUT2D eigenvalue weighted by atomic mass is 10.3. The number of aromatic nitrogens is 3. The van der Waals surface area contributed by atoms with Crippen LogP contribution in [0.25, 0.3) is 0 Å². The highest BCUT2D eigenvalue weighted by atomic mass is 79.9. The first-order valence-electron chi connectivity index (χ1n) is 5.45. The van der Waals surface area contributed by atoms with Gasteiger partial charge >= 0.3 is 6.01 Å². The molecule has 0 aliphatic heterocycles. The van der Waals surface area contributed by atoms with E-state index in [0.29, 0.717) is 6.61 Å². The van der Waals surface area contributed by atoms with E-state index in [1.165, 1.54) is 0 Å². The molecule has 20 heavy (non-hydrogen) atoms. The van der Waals surface area contributed by atoms with E-state index in [4.69, 9.17) is 16.3 Å². The van der Waals surface area contributed by atoms with E-state index in [0.717, 1.165) is 12.1 Å². The number of hydrogen-bond donors (Lipinski definition) is 1. The molecule has 0 saturated heterocycles. The molecule has 0 amide bonds. The molecular formula is C11H8BrClF2N4O. The van der Waals surface area contributed by atoms with Crippen molar-refractivity contribution in [2.24, 2.45) is 0 Å². The van der Waals surface area contributed by atoms with Crippen LogP contribution in [0.5, 0.6) is 6.01 Å². The molecule has 1 aromatic heterocycles. The molecule has 0 atom stereocenters. The van der Waals surface area contributed by atoms with Crippen LogP contribution in [0.3, 0.4) is 0 Å². The zero-order chi connectivity index (χ0) is 14.7. The molecule has 0 spiro atoms. The molecule has 0 bridgehead atoms. The van der Waals surface area contributed by atoms with E-state index < -0.39 is 17.3 Å². The molecule has 0 unspecified atom stereocenters. The van der Waals surface area contributed by atoms with Crippen molar-refractivity contribution in [2.75, 3.05) is 11.9 Å². The van der Waals surface area contributed by atoms with Crippen molar-refractivity contribution >= 4 is 39.2 Å². The van der Waals surface area contributed by atoms with Gasteiger partial charge in [-0.1, -0.05) is 15.9 Å². The second-order valence-corrected chi connectivity index (χ2v) is 4.77. The van der Waals surface area contributed by atoms with Crippen LogP contribution in [0.1, 0.15) is 6.92 Å². The molecule has 0 radical (unpaired) electrons. The second-order valence-electron chi connectivity index (χ2n) is 3.51. The Morgan fingerprint density at radius 1 is 1.25 bits per heavy atom. The standard InChI is InChI=1S/C11H8BrClF2N4O/c1-2-20-11-18-9(13)17-10(19-11)16-8-6(14)3-5(12)4-7(8)15/h3-4H,2H2,1H3,(H,16,17,18,19). The molecule has 9 heteroatoms. The minimum absolute atomic E-state index is 0.0343. The van der Waals surface area contributed by atoms with E-state index in [2.05, 4.69) is 36.2 Å². The number of rotatable bonds is 4. The molecule has 5 nitrogen and oxygen atoms in total. The Kier molecular flexibility index (Phi) is 4.66. The summed E-state index contributed by atoms with van der Waals surface area (Å²) < 4.78 is 32.7. The monoisotopic (exact) mass is 364 g/mol. The highest BCUT2D eigenvalue weighted by Crippen LogP contribution is 2.26. The zero-order valence-electron chi connectivity index (χ0n) is 10.1. The number of benzene rings is 1. The van der Waals surface area contributed by atoms with Gasteiger partial charge in [0.1, 0.15) is 5.69 Å². The number of hydrogen-bond acceptors (Lipinski definition) is 5. The number of anilines is 2. The highest BCUT2D eigenvalue weighted by Gasteiger charge is 2.13. The van der Waals surface area contributed by atoms with E-state index in [1.807, 2.05) is 0 Å². The Morgan fingerprint density at radius 3 is 2.50 bits per heavy atom. The van der Waals surface area contributed by atoms with Crippen molar-refractivity contribution in [1.29, 1.82) is 0 Å². The number of halogens is 4. The lowest BCUT2D eigenvalue weighted by Crippen LogP contribution is -2.06. The van der Waals surface area contributed by atoms with Gasteiger partial charge < -0.3 is 10.1 Å². The summed E-state index contributed by atoms with van der Waals surface area (Å²) >= 11 is 8.67. The fraction of sp³-hybridized carbons (Fsp3) is 0.182. The SMILES string of the molecule is CCOc1nc(Cl)nc(Nc2c(F)cc(Br)cc2F)n1. The number of nitrogens with one attached hydrogen (secondary N) is 1. The maximum Gasteiger partial charge on any atom is 0.322 e. The Bertz CT molecular complexity index is 621. The maximum absolute atomic E-state index is 13.7. The first-order valence-corrected chi connectivity index (χ1v) is 6.62. The van der Waals surface area contributed by atoms with Gasteiger partial charge in [-0.2, -0.15) is 15.0 Å². The van der Waals surface area contributed by atoms with Gasteiger partial charge in [0.2, 0.25) is 11.2 Å². The molecule has 0 fully saturated rings. The van der Waals surface area contributed by atoms with E-state index in [1.54, 1.807) is 6.92 Å². The summed E-state index contributed by atoms with van der Waals surface area (Å²) in [6, 6.07) is 2.18. The van der Waals surface area contributed by atoms with Gasteiger partial charge in [-0.15, -0.1) is 0 Å². The van der Waals surface area contributed by atoms with Crippen molar-refractivity contribution in [1.82, 2.24) is 15.0 Å². The normalized spacial score (nSPS) is 10.4. The van der Waals surface area contributed by atoms with Gasteiger partial charge in [0, 0.05) is 4.47 Å². The van der Waals surface area contributed by atoms with Crippen LogP contribution in [0.15, 0.2) is 16.6 Å². The quantitative estimate of drug-likeness (QED) is 0.895. The van der Waals surface area contributed by atoms with Crippen molar-refractivity contribution < 1.29 is 13.5 Å². The number of ether oxygens (including phenoxy) is 1. The average molecular weight is 366 g/mol. The van der Waals surface area contributed by atoms with Gasteiger partial charge in [0.15, 0.2) is 11.6 Å². The second kappa shape index (κ2) is 6.27. The van der Waals surface area contributed by atoms with Crippen LogP contribution in [0.2, 0.25) is 5.28 Å². The van der Waals surface area contributed by atoms with Crippen LogP contribution >= 0.6 is 27.5 Å². The summed E-state index contributed by atoms with van der Waals surface area (Å²) in [6.45, 7) is 2.06. The third-order valence-electron chi connectivity index (χ3n) is 2.10. The summed E-state index contributed by atoms with van der Waals surface area (Å²) in [7, 11) is 0. The van der Waals surface area contributed by atoms with E-state index >= 15 is 0 Å². The summed E-state index contributed by atoms with van der Waals surface area (Å²) in [6.07, 6.45) is 0. The van der Waals surface area contributed by atoms with Crippen LogP contribution < -0.4 is 10.1 Å². The minimum atomic E-state index is -0.800. The fourth-order valence-electron chi connectivity index (χ4n) is 1.35. The molecule has 106 valence electrons. The highest BCUT2D eigenvalue weighted by molar-refractivity contribution is 9.10. The molecule has 2 aromatic rings. The van der Waals surface area contributed by atoms with Crippen molar-refractivity contribution in [3.63, 3.8) is 0 Å². The average Bonchev–Trinajstić information content (AvgIpc) is 2.33. The Hall–Kier alpha value is -1.54. The Labute approximate surface area is 126 Å². The van der Waals surface area contributed by atoms with Crippen LogP contribution in [-0.2, 0) is 0 Å². The van der Waals surface area contributed by atoms with Gasteiger partial charge in [-0.3, -0.25) is 0 Å². The molecule has 0 saturated carbocycles. The Morgan fingerprint density at radius 2 is 1.90 bits per heavy atom. The molecule has 2 rings (SSSR count). The first kappa shape index (κ1) is 14.9. The smallest absolute Gasteiger partial charge is 0.322 e. The summed E-state index contributed by atoms with van der Waals surface area (Å²) in [5.74, 6) is -1.72. The van der Waals surface area contributed by atoms with Crippen LogP contribution in [0, 0.1) is 11.6 Å². The third kappa shape index (κ3) is 3.51. The molecule has 1 heterocycles. The predicted molar refractivity (Wildman–Crippen MR) is 73.3 cm³/mol. The van der Waals surface area contributed by atoms with E-state index in [9.17, 15) is 8.78 Å². The third-order valence-corrected chi connectivity index (χ3v) is 2.73. The molecule has 1 aromatic carbocycles. The summed E-state index contributed by atoms with van der Waals surface area (Å²) in [4.78, 5) is 11.3. The minimum Gasteiger partial charge on any atom is -0.464 e. The van der Waals surface area contributed by atoms with Gasteiger partial charge in [-0.25, -0.2) is 8.78 Å². The maximum atomic E-state index is 13.7. The largest absolute Gasteiger partial charge is 0.464 e. The van der Waals surface area contributed by atoms with Crippen molar-refractivity contribution in [2.45, 2.75) is 6.92 Å². The van der Waals surface area contributed by atoms with E-state index in [-0.39, 0.29) is 21.7 Å². The number of nitrogens with zero attached hydrogens (tertiary/aromatic N) is 3. The van der Waals surface area contributed by atoms with Gasteiger partial charge in [0.05, 0.1) is 6.61 Å². The molecule has 0 aliphatic rings. The van der Waals surface area contributed by atoms with Crippen LogP contribution in [-0.4, -0.2) is 21.6 Å². The molecule has 1 N–H and O–H groups in total. The van der Waals surface area contributed by atoms with Gasteiger partial charge in [0.25, 0.3) is 0 Å². The van der Waals surface area contributed by atoms with Gasteiger partial charge in [-0.05, 0) is 30.7 Å². The fourth-order valence-corrected chi connectivity index (χ4v) is 1.91. The van der Waals surface area contributed by atoms with Crippen LogP contribution in [0.4, 0.5) is 20.4 Å². The lowest BCUT2D eigenvalue weighted by Gasteiger charge is -2.09. The Balaban J connectivity index is 2.35. The zero-order valence-corrected chi connectivity index (χ0v) is 12.5. The van der Waals surface area contributed by atoms with Crippen molar-refractivity contribution in [3.05, 3.63) is 33.5 Å². The molecular weight excluding hydrogens is 358 g/mol. The van der Waals surface area contributed by atoms with Crippen molar-refractivity contribution in [3.8, 4) is 6.01 Å². The summed E-state index contributed by atoms with van der Waals surface area (Å²) in [5, 5.41) is 2.26. The molecule has 0 aliphatic carbocycles. The first-order chi connectivity index (χ1) is 9.49. The summed E-state index contributed by atoms with van der Waals surface area (Å²) in [5.41, 5.74) is -0.391. The predicted octanol–water partition coefficient (Wildman–Crippen LogP) is 3.71. The topological polar surface area (TPSA) is 59.9 Å². The lowest BCUT2D eigenvalue weighted by molar-refractivity contribution is 0.312.